The first kappa shape index (κ1) is 16.9. The van der Waals surface area contributed by atoms with Gasteiger partial charge in [0.2, 0.25) is 0 Å². The van der Waals surface area contributed by atoms with E-state index in [1.807, 2.05) is 18.2 Å². The Labute approximate surface area is 145 Å². The number of aliphatic imine (C=N–C) groups is 1. The molecule has 0 atom stereocenters. The lowest BCUT2D eigenvalue weighted by Crippen LogP contribution is -2.31. The molecule has 0 radical (unpaired) electrons. The van der Waals surface area contributed by atoms with Crippen molar-refractivity contribution in [3.05, 3.63) is 40.7 Å². The third kappa shape index (κ3) is 3.75. The zero-order valence-corrected chi connectivity index (χ0v) is 14.8. The van der Waals surface area contributed by atoms with E-state index in [0.717, 1.165) is 30.5 Å². The number of rotatable bonds is 3. The number of hydrogen-bond donors (Lipinski definition) is 0. The molecule has 1 saturated carbocycles. The number of carbonyl (C=O) groups is 1. The van der Waals surface area contributed by atoms with Crippen LogP contribution in [0, 0.1) is 12.5 Å². The molecule has 1 aliphatic heterocycles. The lowest BCUT2D eigenvalue weighted by Gasteiger charge is -2.29. The van der Waals surface area contributed by atoms with E-state index in [0.29, 0.717) is 17.9 Å². The molecule has 0 bridgehead atoms. The van der Waals surface area contributed by atoms with Gasteiger partial charge in [0.25, 0.3) is 0 Å². The number of fused-ring (bicyclic) bond motifs is 1. The van der Waals surface area contributed by atoms with E-state index in [1.54, 1.807) is 0 Å². The monoisotopic (exact) mass is 322 g/mol. The summed E-state index contributed by atoms with van der Waals surface area (Å²) in [6.45, 7) is 11.5. The molecule has 1 fully saturated rings. The molecular formula is C21H26N2O. The Morgan fingerprint density at radius 3 is 2.62 bits per heavy atom. The van der Waals surface area contributed by atoms with Crippen molar-refractivity contribution in [2.24, 2.45) is 10.9 Å². The fourth-order valence-corrected chi connectivity index (χ4v) is 4.03. The summed E-state index contributed by atoms with van der Waals surface area (Å²) < 4.78 is 0. The predicted octanol–water partition coefficient (Wildman–Crippen LogP) is 5.29. The van der Waals surface area contributed by atoms with Crippen LogP contribution in [0.2, 0.25) is 0 Å². The van der Waals surface area contributed by atoms with Crippen LogP contribution in [0.25, 0.3) is 4.85 Å². The predicted molar refractivity (Wildman–Crippen MR) is 97.8 cm³/mol. The summed E-state index contributed by atoms with van der Waals surface area (Å²) in [4.78, 5) is 21.3. The molecule has 24 heavy (non-hydrogen) atoms. The van der Waals surface area contributed by atoms with Gasteiger partial charge >= 0.3 is 0 Å². The van der Waals surface area contributed by atoms with Crippen LogP contribution in [0.3, 0.4) is 0 Å². The van der Waals surface area contributed by atoms with Gasteiger partial charge in [-0.25, -0.2) is 4.85 Å². The molecule has 0 aromatic heterocycles. The van der Waals surface area contributed by atoms with Gasteiger partial charge in [0.15, 0.2) is 5.69 Å². The summed E-state index contributed by atoms with van der Waals surface area (Å²) in [6, 6.07) is 5.82. The van der Waals surface area contributed by atoms with Gasteiger partial charge in [0.05, 0.1) is 12.1 Å². The van der Waals surface area contributed by atoms with Gasteiger partial charge in [-0.15, -0.1) is 0 Å². The number of Topliss-reactive ketones (excluding diaryl/α,β-unsaturated/α-hetero) is 1. The Hall–Kier alpha value is -1.95. The topological polar surface area (TPSA) is 33.8 Å². The molecule has 0 saturated heterocycles. The van der Waals surface area contributed by atoms with E-state index in [-0.39, 0.29) is 11.5 Å². The molecule has 3 nitrogen and oxygen atoms in total. The molecule has 0 unspecified atom stereocenters. The Morgan fingerprint density at radius 1 is 1.25 bits per heavy atom. The molecule has 1 heterocycles. The van der Waals surface area contributed by atoms with Gasteiger partial charge in [-0.1, -0.05) is 37.8 Å². The second kappa shape index (κ2) is 6.89. The number of carbonyl (C=O) groups excluding carboxylic acids is 1. The molecule has 126 valence electrons. The van der Waals surface area contributed by atoms with E-state index < -0.39 is 0 Å². The maximum atomic E-state index is 12.9. The first-order valence-electron chi connectivity index (χ1n) is 9.11. The molecule has 2 aliphatic rings. The van der Waals surface area contributed by atoms with Crippen molar-refractivity contribution in [1.82, 2.24) is 0 Å². The van der Waals surface area contributed by atoms with E-state index in [2.05, 4.69) is 18.7 Å². The van der Waals surface area contributed by atoms with Crippen molar-refractivity contribution >= 4 is 17.2 Å². The first-order valence-corrected chi connectivity index (χ1v) is 9.11. The summed E-state index contributed by atoms with van der Waals surface area (Å²) in [5, 5.41) is 0. The van der Waals surface area contributed by atoms with Crippen molar-refractivity contribution < 1.29 is 4.79 Å². The first-order chi connectivity index (χ1) is 11.5. The third-order valence-electron chi connectivity index (χ3n) is 5.25. The van der Waals surface area contributed by atoms with E-state index in [9.17, 15) is 4.79 Å². The summed E-state index contributed by atoms with van der Waals surface area (Å²) in [5.74, 6) is 0.542. The van der Waals surface area contributed by atoms with Crippen LogP contribution in [-0.2, 0) is 11.2 Å². The molecule has 0 N–H and O–H groups in total. The van der Waals surface area contributed by atoms with Gasteiger partial charge in [0.1, 0.15) is 5.78 Å². The standard InChI is InChI=1S/C21H26N2O/c1-21(2)14-16-10-11-17(22-3)12-18(16)19(23-21)13-20(24)15-8-6-4-5-7-9-15/h10-12,15H,4-9,13-14H2,1-2H3. The summed E-state index contributed by atoms with van der Waals surface area (Å²) in [7, 11) is 0. The maximum Gasteiger partial charge on any atom is 0.187 e. The molecule has 3 rings (SSSR count). The lowest BCUT2D eigenvalue weighted by molar-refractivity contribution is -0.122. The largest absolute Gasteiger partial charge is 0.299 e. The number of hydrogen-bond acceptors (Lipinski definition) is 2. The molecule has 3 heteroatoms. The normalized spacial score (nSPS) is 20.5. The molecule has 1 aliphatic carbocycles. The smallest absolute Gasteiger partial charge is 0.187 e. The fraction of sp³-hybridized carbons (Fsp3) is 0.571. The molecule has 0 spiro atoms. The van der Waals surface area contributed by atoms with Crippen molar-refractivity contribution in [1.29, 1.82) is 0 Å². The minimum Gasteiger partial charge on any atom is -0.299 e. The second-order valence-corrected chi connectivity index (χ2v) is 7.83. The highest BCUT2D eigenvalue weighted by molar-refractivity contribution is 6.13. The van der Waals surface area contributed by atoms with Gasteiger partial charge in [0, 0.05) is 18.1 Å². The van der Waals surface area contributed by atoms with Crippen molar-refractivity contribution in [3.63, 3.8) is 0 Å². The quantitative estimate of drug-likeness (QED) is 0.550. The van der Waals surface area contributed by atoms with Crippen LogP contribution in [0.4, 0.5) is 5.69 Å². The van der Waals surface area contributed by atoms with Crippen LogP contribution in [0.1, 0.15) is 69.9 Å². The molecule has 0 amide bonds. The maximum absolute atomic E-state index is 12.9. The fourth-order valence-electron chi connectivity index (χ4n) is 4.03. The SMILES string of the molecule is [C-]#[N+]c1ccc2c(c1)C(CC(=O)C1CCCCCC1)=NC(C)(C)C2. The Balaban J connectivity index is 1.87. The Bertz CT molecular complexity index is 701. The highest BCUT2D eigenvalue weighted by Crippen LogP contribution is 2.32. The van der Waals surface area contributed by atoms with Gasteiger partial charge < -0.3 is 0 Å². The summed E-state index contributed by atoms with van der Waals surface area (Å²) >= 11 is 0. The van der Waals surface area contributed by atoms with Gasteiger partial charge in [-0.05, 0) is 50.3 Å². The van der Waals surface area contributed by atoms with Crippen LogP contribution >= 0.6 is 0 Å². The number of benzene rings is 1. The third-order valence-corrected chi connectivity index (χ3v) is 5.25. The minimum atomic E-state index is -0.175. The van der Waals surface area contributed by atoms with Crippen molar-refractivity contribution in [2.45, 2.75) is 70.8 Å². The number of ketones is 1. The zero-order valence-electron chi connectivity index (χ0n) is 14.8. The average Bonchev–Trinajstić information content (AvgIpc) is 2.83. The second-order valence-electron chi connectivity index (χ2n) is 7.83. The Kier molecular flexibility index (Phi) is 4.85. The van der Waals surface area contributed by atoms with Gasteiger partial charge in [-0.2, -0.15) is 0 Å². The summed E-state index contributed by atoms with van der Waals surface area (Å²) in [5.41, 5.74) is 3.58. The van der Waals surface area contributed by atoms with Crippen LogP contribution in [0.5, 0.6) is 0 Å². The van der Waals surface area contributed by atoms with Gasteiger partial charge in [-0.3, -0.25) is 9.79 Å². The highest BCUT2D eigenvalue weighted by atomic mass is 16.1. The molecule has 1 aromatic carbocycles. The number of nitrogens with zero attached hydrogens (tertiary/aromatic N) is 2. The molecular weight excluding hydrogens is 296 g/mol. The molecule has 1 aromatic rings. The van der Waals surface area contributed by atoms with E-state index in [4.69, 9.17) is 11.6 Å². The lowest BCUT2D eigenvalue weighted by atomic mass is 9.83. The van der Waals surface area contributed by atoms with Crippen LogP contribution in [0.15, 0.2) is 23.2 Å². The summed E-state index contributed by atoms with van der Waals surface area (Å²) in [6.07, 6.45) is 8.21. The van der Waals surface area contributed by atoms with E-state index >= 15 is 0 Å². The van der Waals surface area contributed by atoms with Crippen molar-refractivity contribution in [3.8, 4) is 0 Å². The van der Waals surface area contributed by atoms with Crippen LogP contribution < -0.4 is 0 Å². The zero-order chi connectivity index (χ0) is 17.2. The Morgan fingerprint density at radius 2 is 1.96 bits per heavy atom. The average molecular weight is 322 g/mol. The van der Waals surface area contributed by atoms with Crippen LogP contribution in [-0.4, -0.2) is 17.0 Å². The van der Waals surface area contributed by atoms with E-state index in [1.165, 1.54) is 31.2 Å². The highest BCUT2D eigenvalue weighted by Gasteiger charge is 2.29. The minimum absolute atomic E-state index is 0.175. The van der Waals surface area contributed by atoms with Crippen molar-refractivity contribution in [2.75, 3.05) is 0 Å².